The van der Waals surface area contributed by atoms with Crippen LogP contribution in [0.4, 0.5) is 5.82 Å². The number of fused-ring (bicyclic) bond motifs is 1. The van der Waals surface area contributed by atoms with E-state index in [1.54, 1.807) is 23.9 Å². The van der Waals surface area contributed by atoms with Crippen LogP contribution in [0.2, 0.25) is 0 Å². The van der Waals surface area contributed by atoms with Crippen LogP contribution in [0.3, 0.4) is 0 Å². The third kappa shape index (κ3) is 3.58. The van der Waals surface area contributed by atoms with Crippen molar-refractivity contribution in [2.24, 2.45) is 0 Å². The molecule has 1 aromatic carbocycles. The number of benzene rings is 1. The lowest BCUT2D eigenvalue weighted by molar-refractivity contribution is 0.783. The molecule has 0 fully saturated rings. The van der Waals surface area contributed by atoms with Gasteiger partial charge in [-0.25, -0.2) is 9.97 Å². The highest BCUT2D eigenvalue weighted by Crippen LogP contribution is 2.29. The van der Waals surface area contributed by atoms with Crippen molar-refractivity contribution in [2.45, 2.75) is 26.4 Å². The van der Waals surface area contributed by atoms with Crippen LogP contribution in [0, 0.1) is 0 Å². The summed E-state index contributed by atoms with van der Waals surface area (Å²) in [6, 6.07) is 15.0. The standard InChI is InChI=1S/C21H20N4S/c1-2-16-5-7-17(8-6-16)13-25(14-18-4-3-10-22-12-18)20-19-9-11-26-21(19)24-15-23-20/h3-12,15H,2,13-14H2,1H3. The maximum absolute atomic E-state index is 4.61. The maximum atomic E-state index is 4.61. The Morgan fingerprint density at radius 1 is 0.923 bits per heavy atom. The lowest BCUT2D eigenvalue weighted by Gasteiger charge is -2.24. The fraction of sp³-hybridized carbons (Fsp3) is 0.190. The third-order valence-electron chi connectivity index (χ3n) is 4.44. The van der Waals surface area contributed by atoms with Gasteiger partial charge in [-0.3, -0.25) is 4.98 Å². The summed E-state index contributed by atoms with van der Waals surface area (Å²) >= 11 is 1.65. The summed E-state index contributed by atoms with van der Waals surface area (Å²) in [4.78, 5) is 16.6. The van der Waals surface area contributed by atoms with Crippen LogP contribution in [0.5, 0.6) is 0 Å². The zero-order chi connectivity index (χ0) is 17.8. The third-order valence-corrected chi connectivity index (χ3v) is 5.26. The quantitative estimate of drug-likeness (QED) is 0.493. The second-order valence-corrected chi connectivity index (χ2v) is 7.12. The zero-order valence-electron chi connectivity index (χ0n) is 14.7. The predicted octanol–water partition coefficient (Wildman–Crippen LogP) is 4.86. The number of pyridine rings is 1. The normalized spacial score (nSPS) is 11.0. The first-order valence-corrected chi connectivity index (χ1v) is 9.61. The van der Waals surface area contributed by atoms with Gasteiger partial charge in [-0.15, -0.1) is 11.3 Å². The molecule has 0 aliphatic carbocycles. The summed E-state index contributed by atoms with van der Waals surface area (Å²) in [6.45, 7) is 3.73. The number of aromatic nitrogens is 3. The molecule has 4 nitrogen and oxygen atoms in total. The van der Waals surface area contributed by atoms with Crippen LogP contribution in [0.25, 0.3) is 10.2 Å². The molecule has 3 aromatic heterocycles. The van der Waals surface area contributed by atoms with E-state index < -0.39 is 0 Å². The van der Waals surface area contributed by atoms with E-state index in [1.165, 1.54) is 16.7 Å². The molecule has 0 saturated carbocycles. The Balaban J connectivity index is 1.70. The fourth-order valence-electron chi connectivity index (χ4n) is 3.05. The molecule has 0 N–H and O–H groups in total. The molecular formula is C21H20N4S. The van der Waals surface area contributed by atoms with E-state index in [0.29, 0.717) is 0 Å². The van der Waals surface area contributed by atoms with Crippen LogP contribution in [0.1, 0.15) is 23.6 Å². The van der Waals surface area contributed by atoms with Crippen LogP contribution < -0.4 is 4.90 Å². The molecule has 26 heavy (non-hydrogen) atoms. The van der Waals surface area contributed by atoms with Crippen LogP contribution in [-0.2, 0) is 19.5 Å². The largest absolute Gasteiger partial charge is 0.347 e. The predicted molar refractivity (Wildman–Crippen MR) is 107 cm³/mol. The number of nitrogens with zero attached hydrogens (tertiary/aromatic N) is 4. The smallest absolute Gasteiger partial charge is 0.141 e. The first-order chi connectivity index (χ1) is 12.8. The van der Waals surface area contributed by atoms with E-state index >= 15 is 0 Å². The van der Waals surface area contributed by atoms with Crippen LogP contribution >= 0.6 is 11.3 Å². The van der Waals surface area contributed by atoms with Crippen LogP contribution in [0.15, 0.2) is 66.6 Å². The van der Waals surface area contributed by atoms with Crippen molar-refractivity contribution in [1.82, 2.24) is 15.0 Å². The minimum atomic E-state index is 0.755. The summed E-state index contributed by atoms with van der Waals surface area (Å²) in [6.07, 6.45) is 6.43. The number of hydrogen-bond acceptors (Lipinski definition) is 5. The Labute approximate surface area is 157 Å². The second kappa shape index (κ2) is 7.62. The summed E-state index contributed by atoms with van der Waals surface area (Å²) in [7, 11) is 0. The van der Waals surface area contributed by atoms with Gasteiger partial charge in [0.1, 0.15) is 17.0 Å². The van der Waals surface area contributed by atoms with Gasteiger partial charge in [0.15, 0.2) is 0 Å². The average molecular weight is 360 g/mol. The molecule has 0 unspecified atom stereocenters. The van der Waals surface area contributed by atoms with E-state index in [0.717, 1.165) is 35.5 Å². The Morgan fingerprint density at radius 3 is 2.50 bits per heavy atom. The molecule has 0 amide bonds. The highest BCUT2D eigenvalue weighted by atomic mass is 32.1. The van der Waals surface area contributed by atoms with E-state index in [4.69, 9.17) is 0 Å². The molecule has 130 valence electrons. The molecule has 5 heteroatoms. The molecular weight excluding hydrogens is 340 g/mol. The van der Waals surface area contributed by atoms with Crippen molar-refractivity contribution >= 4 is 27.4 Å². The van der Waals surface area contributed by atoms with Gasteiger partial charge in [-0.05, 0) is 40.6 Å². The molecule has 0 spiro atoms. The minimum Gasteiger partial charge on any atom is -0.347 e. The number of rotatable bonds is 6. The monoisotopic (exact) mass is 360 g/mol. The molecule has 0 atom stereocenters. The summed E-state index contributed by atoms with van der Waals surface area (Å²) < 4.78 is 0. The maximum Gasteiger partial charge on any atom is 0.141 e. The van der Waals surface area contributed by atoms with Gasteiger partial charge in [0.2, 0.25) is 0 Å². The molecule has 0 bridgehead atoms. The molecule has 0 aliphatic heterocycles. The Bertz CT molecular complexity index is 980. The molecule has 0 radical (unpaired) electrons. The van der Waals surface area contributed by atoms with Crippen molar-refractivity contribution in [1.29, 1.82) is 0 Å². The van der Waals surface area contributed by atoms with Gasteiger partial charge in [0, 0.05) is 25.5 Å². The lowest BCUT2D eigenvalue weighted by atomic mass is 10.1. The van der Waals surface area contributed by atoms with E-state index in [1.807, 2.05) is 12.3 Å². The molecule has 4 aromatic rings. The van der Waals surface area contributed by atoms with Gasteiger partial charge < -0.3 is 4.90 Å². The lowest BCUT2D eigenvalue weighted by Crippen LogP contribution is -2.23. The van der Waals surface area contributed by atoms with Gasteiger partial charge in [-0.2, -0.15) is 0 Å². The highest BCUT2D eigenvalue weighted by Gasteiger charge is 2.14. The molecule has 0 saturated heterocycles. The molecule has 4 rings (SSSR count). The first-order valence-electron chi connectivity index (χ1n) is 8.73. The van der Waals surface area contributed by atoms with Crippen molar-refractivity contribution in [3.05, 3.63) is 83.3 Å². The van der Waals surface area contributed by atoms with E-state index in [2.05, 4.69) is 68.6 Å². The Morgan fingerprint density at radius 2 is 1.73 bits per heavy atom. The summed E-state index contributed by atoms with van der Waals surface area (Å²) in [5.74, 6) is 0.972. The van der Waals surface area contributed by atoms with Crippen molar-refractivity contribution < 1.29 is 0 Å². The molecule has 0 aliphatic rings. The van der Waals surface area contributed by atoms with Gasteiger partial charge in [0.25, 0.3) is 0 Å². The van der Waals surface area contributed by atoms with Crippen molar-refractivity contribution in [2.75, 3.05) is 4.90 Å². The van der Waals surface area contributed by atoms with Gasteiger partial charge in [-0.1, -0.05) is 37.3 Å². The number of anilines is 1. The Hall–Kier alpha value is -2.79. The Kier molecular flexibility index (Phi) is 4.88. The summed E-state index contributed by atoms with van der Waals surface area (Å²) in [5, 5.41) is 3.17. The zero-order valence-corrected chi connectivity index (χ0v) is 15.5. The average Bonchev–Trinajstić information content (AvgIpc) is 3.18. The number of hydrogen-bond donors (Lipinski definition) is 0. The number of aryl methyl sites for hydroxylation is 1. The second-order valence-electron chi connectivity index (χ2n) is 6.22. The minimum absolute atomic E-state index is 0.755. The van der Waals surface area contributed by atoms with Gasteiger partial charge >= 0.3 is 0 Å². The van der Waals surface area contributed by atoms with Crippen molar-refractivity contribution in [3.63, 3.8) is 0 Å². The number of thiophene rings is 1. The SMILES string of the molecule is CCc1ccc(CN(Cc2cccnc2)c2ncnc3sccc23)cc1. The highest BCUT2D eigenvalue weighted by molar-refractivity contribution is 7.16. The van der Waals surface area contributed by atoms with E-state index in [-0.39, 0.29) is 0 Å². The fourth-order valence-corrected chi connectivity index (χ4v) is 3.77. The van der Waals surface area contributed by atoms with E-state index in [9.17, 15) is 0 Å². The topological polar surface area (TPSA) is 41.9 Å². The summed E-state index contributed by atoms with van der Waals surface area (Å²) in [5.41, 5.74) is 3.79. The van der Waals surface area contributed by atoms with Crippen molar-refractivity contribution in [3.8, 4) is 0 Å². The van der Waals surface area contributed by atoms with Crippen LogP contribution in [-0.4, -0.2) is 15.0 Å². The van der Waals surface area contributed by atoms with Gasteiger partial charge in [0.05, 0.1) is 5.39 Å². The first kappa shape index (κ1) is 16.7. The molecule has 3 heterocycles.